The highest BCUT2D eigenvalue weighted by Crippen LogP contribution is 2.34. The van der Waals surface area contributed by atoms with Crippen molar-refractivity contribution in [2.75, 3.05) is 17.2 Å². The third kappa shape index (κ3) is 5.99. The molecule has 0 atom stereocenters. The minimum Gasteiger partial charge on any atom is -0.383 e. The van der Waals surface area contributed by atoms with Gasteiger partial charge in [0, 0.05) is 30.8 Å². The van der Waals surface area contributed by atoms with E-state index in [1.165, 1.54) is 0 Å². The highest BCUT2D eigenvalue weighted by Gasteiger charge is 2.25. The third-order valence-electron chi connectivity index (χ3n) is 4.06. The molecule has 0 amide bonds. The van der Waals surface area contributed by atoms with Gasteiger partial charge < -0.3 is 10.6 Å². The van der Waals surface area contributed by atoms with Gasteiger partial charge in [-0.25, -0.2) is 5.53 Å². The molecular formula is C19H20F3N5. The lowest BCUT2D eigenvalue weighted by Crippen LogP contribution is -2.11. The van der Waals surface area contributed by atoms with Crippen molar-refractivity contribution in [2.45, 2.75) is 32.5 Å². The monoisotopic (exact) mass is 375 g/mol. The van der Waals surface area contributed by atoms with Gasteiger partial charge in [0.25, 0.3) is 0 Å². The Morgan fingerprint density at radius 2 is 1.74 bits per heavy atom. The molecule has 0 aliphatic carbocycles. The SMILES string of the molecule is Cc1c(NCc2ccc(C#N)cc2)ccc(NCCCC(F)(F)F)c1N=N. The fourth-order valence-electron chi connectivity index (χ4n) is 2.58. The predicted molar refractivity (Wildman–Crippen MR) is 98.2 cm³/mol. The molecule has 0 aliphatic rings. The summed E-state index contributed by atoms with van der Waals surface area (Å²) in [7, 11) is 0. The molecule has 0 unspecified atom stereocenters. The molecule has 5 nitrogen and oxygen atoms in total. The molecule has 0 aliphatic heterocycles. The van der Waals surface area contributed by atoms with E-state index in [1.807, 2.05) is 12.1 Å². The van der Waals surface area contributed by atoms with Crippen molar-refractivity contribution in [3.05, 3.63) is 53.1 Å². The largest absolute Gasteiger partial charge is 0.389 e. The number of hydrogen-bond acceptors (Lipinski definition) is 5. The second-order valence-electron chi connectivity index (χ2n) is 6.05. The summed E-state index contributed by atoms with van der Waals surface area (Å²) >= 11 is 0. The van der Waals surface area contributed by atoms with Crippen LogP contribution in [0.2, 0.25) is 0 Å². The van der Waals surface area contributed by atoms with Gasteiger partial charge in [-0.15, -0.1) is 0 Å². The van der Waals surface area contributed by atoms with Crippen LogP contribution in [0.25, 0.3) is 0 Å². The smallest absolute Gasteiger partial charge is 0.383 e. The first kappa shape index (κ1) is 20.2. The summed E-state index contributed by atoms with van der Waals surface area (Å²) in [5.74, 6) is 0. The van der Waals surface area contributed by atoms with E-state index in [2.05, 4.69) is 21.8 Å². The average molecular weight is 375 g/mol. The van der Waals surface area contributed by atoms with Gasteiger partial charge in [-0.3, -0.25) is 0 Å². The van der Waals surface area contributed by atoms with Crippen LogP contribution in [0.3, 0.4) is 0 Å². The Hall–Kier alpha value is -3.08. The van der Waals surface area contributed by atoms with Crippen molar-refractivity contribution in [3.63, 3.8) is 0 Å². The molecule has 2 rings (SSSR count). The number of halogens is 3. The predicted octanol–water partition coefficient (Wildman–Crippen LogP) is 5.90. The van der Waals surface area contributed by atoms with E-state index in [1.54, 1.807) is 31.2 Å². The van der Waals surface area contributed by atoms with Gasteiger partial charge in [-0.1, -0.05) is 12.1 Å². The molecule has 27 heavy (non-hydrogen) atoms. The molecule has 0 spiro atoms. The van der Waals surface area contributed by atoms with Crippen molar-refractivity contribution in [2.24, 2.45) is 5.11 Å². The van der Waals surface area contributed by atoms with E-state index < -0.39 is 12.6 Å². The molecule has 0 heterocycles. The summed E-state index contributed by atoms with van der Waals surface area (Å²) < 4.78 is 36.6. The lowest BCUT2D eigenvalue weighted by atomic mass is 10.1. The number of hydrogen-bond donors (Lipinski definition) is 3. The zero-order chi connectivity index (χ0) is 19.9. The Morgan fingerprint density at radius 3 is 2.33 bits per heavy atom. The summed E-state index contributed by atoms with van der Waals surface area (Å²) in [5, 5.41) is 18.5. The van der Waals surface area contributed by atoms with Crippen LogP contribution < -0.4 is 10.6 Å². The second kappa shape index (κ2) is 9.03. The van der Waals surface area contributed by atoms with Gasteiger partial charge in [0.15, 0.2) is 0 Å². The van der Waals surface area contributed by atoms with Crippen molar-refractivity contribution in [1.29, 1.82) is 10.8 Å². The number of nitrogens with zero attached hydrogens (tertiary/aromatic N) is 2. The molecule has 0 radical (unpaired) electrons. The first-order chi connectivity index (χ1) is 12.8. The van der Waals surface area contributed by atoms with E-state index in [9.17, 15) is 13.2 Å². The molecular weight excluding hydrogens is 355 g/mol. The number of rotatable bonds is 8. The van der Waals surface area contributed by atoms with Crippen LogP contribution >= 0.6 is 0 Å². The number of nitriles is 1. The van der Waals surface area contributed by atoms with Crippen LogP contribution in [0.1, 0.15) is 29.5 Å². The number of benzene rings is 2. The lowest BCUT2D eigenvalue weighted by molar-refractivity contribution is -0.134. The minimum atomic E-state index is -4.17. The van der Waals surface area contributed by atoms with Crippen molar-refractivity contribution in [3.8, 4) is 6.07 Å². The van der Waals surface area contributed by atoms with E-state index in [0.717, 1.165) is 16.8 Å². The number of anilines is 2. The molecule has 2 aromatic carbocycles. The van der Waals surface area contributed by atoms with Crippen LogP contribution in [0, 0.1) is 23.8 Å². The number of alkyl halides is 3. The first-order valence-electron chi connectivity index (χ1n) is 8.38. The zero-order valence-electron chi connectivity index (χ0n) is 14.8. The fraction of sp³-hybridized carbons (Fsp3) is 0.316. The van der Waals surface area contributed by atoms with Crippen molar-refractivity contribution in [1.82, 2.24) is 0 Å². The normalized spacial score (nSPS) is 10.9. The third-order valence-corrected chi connectivity index (χ3v) is 4.06. The summed E-state index contributed by atoms with van der Waals surface area (Å²) in [6.45, 7) is 2.48. The highest BCUT2D eigenvalue weighted by atomic mass is 19.4. The van der Waals surface area contributed by atoms with Gasteiger partial charge in [0.2, 0.25) is 0 Å². The van der Waals surface area contributed by atoms with Crippen LogP contribution in [0.4, 0.5) is 30.2 Å². The van der Waals surface area contributed by atoms with E-state index in [-0.39, 0.29) is 13.0 Å². The van der Waals surface area contributed by atoms with Gasteiger partial charge in [-0.05, 0) is 43.2 Å². The van der Waals surface area contributed by atoms with Crippen LogP contribution in [-0.2, 0) is 6.54 Å². The van der Waals surface area contributed by atoms with E-state index >= 15 is 0 Å². The maximum Gasteiger partial charge on any atom is 0.389 e. The van der Waals surface area contributed by atoms with Crippen LogP contribution in [0.15, 0.2) is 41.5 Å². The molecule has 8 heteroatoms. The molecule has 2 aromatic rings. The fourth-order valence-corrected chi connectivity index (χ4v) is 2.58. The zero-order valence-corrected chi connectivity index (χ0v) is 14.8. The van der Waals surface area contributed by atoms with Gasteiger partial charge in [0.05, 0.1) is 17.3 Å². The average Bonchev–Trinajstić information content (AvgIpc) is 2.64. The van der Waals surface area contributed by atoms with Crippen molar-refractivity contribution >= 4 is 17.1 Å². The lowest BCUT2D eigenvalue weighted by Gasteiger charge is -2.16. The molecule has 0 saturated heterocycles. The molecule has 0 fully saturated rings. The van der Waals surface area contributed by atoms with Crippen LogP contribution in [0.5, 0.6) is 0 Å². The van der Waals surface area contributed by atoms with Gasteiger partial charge in [-0.2, -0.15) is 23.5 Å². The molecule has 142 valence electrons. The molecule has 0 bridgehead atoms. The number of nitrogens with one attached hydrogen (secondary N) is 3. The Bertz CT molecular complexity index is 823. The van der Waals surface area contributed by atoms with E-state index in [4.69, 9.17) is 10.8 Å². The quantitative estimate of drug-likeness (QED) is 0.397. The second-order valence-corrected chi connectivity index (χ2v) is 6.05. The summed E-state index contributed by atoms with van der Waals surface area (Å²) in [6.07, 6.45) is -5.06. The summed E-state index contributed by atoms with van der Waals surface area (Å²) in [6, 6.07) is 12.8. The maximum absolute atomic E-state index is 12.2. The Labute approximate surface area is 155 Å². The minimum absolute atomic E-state index is 0.0430. The van der Waals surface area contributed by atoms with Gasteiger partial charge >= 0.3 is 6.18 Å². The molecule has 0 aromatic heterocycles. The van der Waals surface area contributed by atoms with Crippen LogP contribution in [-0.4, -0.2) is 12.7 Å². The Kier molecular flexibility index (Phi) is 6.77. The summed E-state index contributed by atoms with van der Waals surface area (Å²) in [4.78, 5) is 0. The van der Waals surface area contributed by atoms with E-state index in [0.29, 0.717) is 23.5 Å². The topological polar surface area (TPSA) is 84.1 Å². The Morgan fingerprint density at radius 1 is 1.07 bits per heavy atom. The van der Waals surface area contributed by atoms with Gasteiger partial charge in [0.1, 0.15) is 5.69 Å². The van der Waals surface area contributed by atoms with Crippen molar-refractivity contribution < 1.29 is 13.2 Å². The maximum atomic E-state index is 12.2. The first-order valence-corrected chi connectivity index (χ1v) is 8.38. The summed E-state index contributed by atoms with van der Waals surface area (Å²) in [5.41, 5.74) is 11.4. The molecule has 0 saturated carbocycles. The highest BCUT2D eigenvalue weighted by molar-refractivity contribution is 5.76. The Balaban J connectivity index is 2.01. The molecule has 3 N–H and O–H groups in total. The standard InChI is InChI=1S/C19H20F3N5/c1-13-16(26-12-15-5-3-14(11-23)4-6-15)7-8-17(18(13)27-24)25-10-2-9-19(20,21)22/h3-8,24-26H,2,9-10,12H2,1H3.